The Morgan fingerprint density at radius 2 is 2.00 bits per heavy atom. The van der Waals surface area contributed by atoms with Crippen molar-refractivity contribution in [1.29, 1.82) is 0 Å². The number of carbonyl (C=O) groups excluding carboxylic acids is 2. The van der Waals surface area contributed by atoms with E-state index in [1.807, 2.05) is 0 Å². The smallest absolute Gasteiger partial charge is 0.333 e. The SMILES string of the molecule is CCOC(=O)[C@](C)(N)C(C)=O. The molecular weight excluding hydrogens is 146 g/mol. The first-order valence-electron chi connectivity index (χ1n) is 3.40. The first kappa shape index (κ1) is 10.1. The molecule has 0 aliphatic rings. The van der Waals surface area contributed by atoms with E-state index in [9.17, 15) is 9.59 Å². The monoisotopic (exact) mass is 159 g/mol. The van der Waals surface area contributed by atoms with Gasteiger partial charge >= 0.3 is 5.97 Å². The van der Waals surface area contributed by atoms with Crippen molar-refractivity contribution in [2.24, 2.45) is 5.73 Å². The van der Waals surface area contributed by atoms with Gasteiger partial charge in [0.05, 0.1) is 6.61 Å². The first-order valence-corrected chi connectivity index (χ1v) is 3.40. The van der Waals surface area contributed by atoms with Crippen LogP contribution in [-0.4, -0.2) is 23.9 Å². The molecule has 0 saturated carbocycles. The van der Waals surface area contributed by atoms with Crippen molar-refractivity contribution in [3.8, 4) is 0 Å². The van der Waals surface area contributed by atoms with Crippen LogP contribution in [0.4, 0.5) is 0 Å². The Kier molecular flexibility index (Phi) is 3.19. The number of Topliss-reactive ketones (excluding diaryl/α,β-unsaturated/α-hetero) is 1. The van der Waals surface area contributed by atoms with E-state index >= 15 is 0 Å². The highest BCUT2D eigenvalue weighted by Crippen LogP contribution is 2.03. The van der Waals surface area contributed by atoms with Crippen LogP contribution >= 0.6 is 0 Å². The van der Waals surface area contributed by atoms with E-state index in [1.54, 1.807) is 6.92 Å². The summed E-state index contributed by atoms with van der Waals surface area (Å²) in [4.78, 5) is 21.7. The number of hydrogen-bond donors (Lipinski definition) is 1. The van der Waals surface area contributed by atoms with Crippen LogP contribution in [0.1, 0.15) is 20.8 Å². The second kappa shape index (κ2) is 3.48. The lowest BCUT2D eigenvalue weighted by molar-refractivity contribution is -0.152. The molecule has 2 N–H and O–H groups in total. The van der Waals surface area contributed by atoms with Gasteiger partial charge in [0.2, 0.25) is 0 Å². The molecule has 0 aromatic rings. The van der Waals surface area contributed by atoms with Gasteiger partial charge in [0.25, 0.3) is 0 Å². The maximum absolute atomic E-state index is 10.9. The summed E-state index contributed by atoms with van der Waals surface area (Å²) in [6.07, 6.45) is 0. The summed E-state index contributed by atoms with van der Waals surface area (Å²) in [5.74, 6) is -1.07. The Hall–Kier alpha value is -0.900. The van der Waals surface area contributed by atoms with Gasteiger partial charge in [0.1, 0.15) is 0 Å². The molecule has 1 atom stereocenters. The standard InChI is InChI=1S/C7H13NO3/c1-4-11-6(10)7(3,8)5(2)9/h4,8H2,1-3H3/t7-/m1/s1. The van der Waals surface area contributed by atoms with Crippen LogP contribution in [0.2, 0.25) is 0 Å². The van der Waals surface area contributed by atoms with Gasteiger partial charge in [-0.25, -0.2) is 4.79 Å². The number of ether oxygens (including phenoxy) is 1. The van der Waals surface area contributed by atoms with E-state index in [1.165, 1.54) is 13.8 Å². The van der Waals surface area contributed by atoms with Crippen molar-refractivity contribution in [3.05, 3.63) is 0 Å². The average Bonchev–Trinajstić information content (AvgIpc) is 1.88. The molecule has 0 aromatic carbocycles. The van der Waals surface area contributed by atoms with E-state index in [0.29, 0.717) is 0 Å². The van der Waals surface area contributed by atoms with Gasteiger partial charge in [-0.05, 0) is 20.8 Å². The molecule has 0 aliphatic heterocycles. The van der Waals surface area contributed by atoms with Gasteiger partial charge in [-0.2, -0.15) is 0 Å². The zero-order chi connectivity index (χ0) is 9.07. The summed E-state index contributed by atoms with van der Waals surface area (Å²) in [6, 6.07) is 0. The van der Waals surface area contributed by atoms with Crippen molar-refractivity contribution in [3.63, 3.8) is 0 Å². The van der Waals surface area contributed by atoms with E-state index in [2.05, 4.69) is 4.74 Å². The molecule has 0 amide bonds. The zero-order valence-corrected chi connectivity index (χ0v) is 7.01. The van der Waals surface area contributed by atoms with Crippen molar-refractivity contribution < 1.29 is 14.3 Å². The number of hydrogen-bond acceptors (Lipinski definition) is 4. The third kappa shape index (κ3) is 2.31. The number of rotatable bonds is 3. The highest BCUT2D eigenvalue weighted by molar-refractivity contribution is 6.06. The van der Waals surface area contributed by atoms with Crippen molar-refractivity contribution >= 4 is 11.8 Å². The molecule has 11 heavy (non-hydrogen) atoms. The van der Waals surface area contributed by atoms with Gasteiger partial charge in [0.15, 0.2) is 11.3 Å². The molecule has 0 spiro atoms. The fraction of sp³-hybridized carbons (Fsp3) is 0.714. The highest BCUT2D eigenvalue weighted by Gasteiger charge is 2.34. The molecule has 64 valence electrons. The molecule has 0 saturated heterocycles. The van der Waals surface area contributed by atoms with Crippen molar-refractivity contribution in [2.45, 2.75) is 26.3 Å². The third-order valence-electron chi connectivity index (χ3n) is 1.43. The molecule has 0 radical (unpaired) electrons. The predicted octanol–water partition coefficient (Wildman–Crippen LogP) is -0.144. The Morgan fingerprint density at radius 1 is 1.55 bits per heavy atom. The summed E-state index contributed by atoms with van der Waals surface area (Å²) in [7, 11) is 0. The van der Waals surface area contributed by atoms with Crippen LogP contribution in [0.25, 0.3) is 0 Å². The molecule has 0 bridgehead atoms. The zero-order valence-electron chi connectivity index (χ0n) is 7.01. The second-order valence-corrected chi connectivity index (χ2v) is 2.48. The molecule has 0 unspecified atom stereocenters. The molecule has 0 aliphatic carbocycles. The fourth-order valence-corrected chi connectivity index (χ4v) is 0.425. The molecule has 0 heterocycles. The largest absolute Gasteiger partial charge is 0.464 e. The Balaban J connectivity index is 4.30. The van der Waals surface area contributed by atoms with Crippen molar-refractivity contribution in [2.75, 3.05) is 6.61 Å². The molecule has 0 fully saturated rings. The van der Waals surface area contributed by atoms with E-state index in [4.69, 9.17) is 5.73 Å². The summed E-state index contributed by atoms with van der Waals surface area (Å²) in [6.45, 7) is 4.50. The van der Waals surface area contributed by atoms with E-state index < -0.39 is 17.3 Å². The van der Waals surface area contributed by atoms with E-state index in [0.717, 1.165) is 0 Å². The highest BCUT2D eigenvalue weighted by atomic mass is 16.5. The van der Waals surface area contributed by atoms with Gasteiger partial charge in [0, 0.05) is 0 Å². The van der Waals surface area contributed by atoms with Crippen LogP contribution in [0.3, 0.4) is 0 Å². The van der Waals surface area contributed by atoms with Crippen LogP contribution in [0.15, 0.2) is 0 Å². The lowest BCUT2D eigenvalue weighted by atomic mass is 10.00. The van der Waals surface area contributed by atoms with Crippen molar-refractivity contribution in [1.82, 2.24) is 0 Å². The maximum Gasteiger partial charge on any atom is 0.333 e. The molecule has 4 nitrogen and oxygen atoms in total. The lowest BCUT2D eigenvalue weighted by Gasteiger charge is -2.17. The van der Waals surface area contributed by atoms with Gasteiger partial charge in [-0.3, -0.25) is 4.79 Å². The van der Waals surface area contributed by atoms with Gasteiger partial charge in [-0.15, -0.1) is 0 Å². The minimum absolute atomic E-state index is 0.235. The molecule has 4 heteroatoms. The molecule has 0 aromatic heterocycles. The predicted molar refractivity (Wildman–Crippen MR) is 39.9 cm³/mol. The van der Waals surface area contributed by atoms with E-state index in [-0.39, 0.29) is 6.61 Å². The molecular formula is C7H13NO3. The van der Waals surface area contributed by atoms with Crippen LogP contribution in [-0.2, 0) is 14.3 Å². The fourth-order valence-electron chi connectivity index (χ4n) is 0.425. The Labute approximate surface area is 65.7 Å². The maximum atomic E-state index is 10.9. The normalized spacial score (nSPS) is 15.3. The summed E-state index contributed by atoms with van der Waals surface area (Å²) >= 11 is 0. The quantitative estimate of drug-likeness (QED) is 0.459. The number of ketones is 1. The number of nitrogens with two attached hydrogens (primary N) is 1. The summed E-state index contributed by atoms with van der Waals surface area (Å²) in [5.41, 5.74) is 3.87. The Morgan fingerprint density at radius 3 is 2.27 bits per heavy atom. The summed E-state index contributed by atoms with van der Waals surface area (Å²) < 4.78 is 4.58. The number of carbonyl (C=O) groups is 2. The topological polar surface area (TPSA) is 69.4 Å². The van der Waals surface area contributed by atoms with Crippen LogP contribution in [0.5, 0.6) is 0 Å². The average molecular weight is 159 g/mol. The van der Waals surface area contributed by atoms with Crippen LogP contribution in [0, 0.1) is 0 Å². The van der Waals surface area contributed by atoms with Gasteiger partial charge < -0.3 is 10.5 Å². The first-order chi connectivity index (χ1) is 4.92. The third-order valence-corrected chi connectivity index (χ3v) is 1.43. The van der Waals surface area contributed by atoms with Gasteiger partial charge in [-0.1, -0.05) is 0 Å². The Bertz CT molecular complexity index is 175. The summed E-state index contributed by atoms with van der Waals surface area (Å²) in [5, 5.41) is 0. The second-order valence-electron chi connectivity index (χ2n) is 2.48. The minimum Gasteiger partial charge on any atom is -0.464 e. The molecule has 0 rings (SSSR count). The minimum atomic E-state index is -1.49. The number of esters is 1. The van der Waals surface area contributed by atoms with Crippen LogP contribution < -0.4 is 5.73 Å². The lowest BCUT2D eigenvalue weighted by Crippen LogP contribution is -2.52.